The summed E-state index contributed by atoms with van der Waals surface area (Å²) in [7, 11) is 0. The maximum Gasteiger partial charge on any atom is 2.00 e. The van der Waals surface area contributed by atoms with E-state index in [0.717, 1.165) is 11.4 Å². The Morgan fingerprint density at radius 1 is 0.800 bits per heavy atom. The maximum atomic E-state index is 4.96. The summed E-state index contributed by atoms with van der Waals surface area (Å²) in [4.78, 5) is 0. The van der Waals surface area contributed by atoms with Crippen LogP contribution < -0.4 is 5.43 Å². The standard InChI is InChI=1S/C13H12N4S.C6H5.Hg/c18-13(16-14-11-7-3-1-4-8-11)17-15-12-9-5-2-6-10-12;1-2-4-6-5-3-1;/h1-10,14H,(H,16,18);1-5H;/q;-1;+2/p-1. The van der Waals surface area contributed by atoms with E-state index in [1.807, 2.05) is 91.0 Å². The van der Waals surface area contributed by atoms with Gasteiger partial charge in [0.05, 0.1) is 16.5 Å². The van der Waals surface area contributed by atoms with Crippen LogP contribution in [0.2, 0.25) is 0 Å². The number of nitrogens with one attached hydrogen (secondary N) is 1. The average Bonchev–Trinajstić information content (AvgIpc) is 2.68. The van der Waals surface area contributed by atoms with Crippen molar-refractivity contribution in [3.8, 4) is 0 Å². The number of para-hydroxylation sites is 1. The number of azo groups is 1. The van der Waals surface area contributed by atoms with E-state index in [2.05, 4.69) is 26.8 Å². The van der Waals surface area contributed by atoms with E-state index in [4.69, 9.17) is 12.6 Å². The molecule has 0 aliphatic carbocycles. The van der Waals surface area contributed by atoms with Crippen LogP contribution in [0.25, 0.3) is 0 Å². The molecule has 120 valence electrons. The molecule has 0 heterocycles. The summed E-state index contributed by atoms with van der Waals surface area (Å²) in [6.45, 7) is 0. The number of amidine groups is 1. The van der Waals surface area contributed by atoms with Crippen molar-refractivity contribution in [2.24, 2.45) is 15.3 Å². The third-order valence-corrected chi connectivity index (χ3v) is 2.84. The molecule has 0 saturated carbocycles. The van der Waals surface area contributed by atoms with Crippen molar-refractivity contribution in [1.29, 1.82) is 0 Å². The van der Waals surface area contributed by atoms with Crippen LogP contribution >= 0.6 is 0 Å². The van der Waals surface area contributed by atoms with E-state index in [-0.39, 0.29) is 32.8 Å². The summed E-state index contributed by atoms with van der Waals surface area (Å²) in [6.07, 6.45) is 0. The number of rotatable bonds is 3. The molecule has 0 aromatic heterocycles. The minimum atomic E-state index is 0. The average molecular weight is 533 g/mol. The van der Waals surface area contributed by atoms with Crippen molar-refractivity contribution < 1.29 is 27.7 Å². The number of hydrogen-bond acceptors (Lipinski definition) is 4. The molecule has 3 aromatic carbocycles. The summed E-state index contributed by atoms with van der Waals surface area (Å²) in [5, 5.41) is 11.9. The van der Waals surface area contributed by atoms with Gasteiger partial charge in [-0.2, -0.15) is 51.7 Å². The SMILES string of the molecule is [Hg+2].[S-]C(N=Nc1ccccc1)=NNc1ccccc1.[c-]1ccccc1. The molecule has 1 N–H and O–H groups in total. The molecule has 0 aliphatic heterocycles. The smallest absolute Gasteiger partial charge is 0.737 e. The van der Waals surface area contributed by atoms with Crippen LogP contribution in [-0.4, -0.2) is 5.17 Å². The first kappa shape index (κ1) is 20.9. The molecule has 25 heavy (non-hydrogen) atoms. The zero-order valence-corrected chi connectivity index (χ0v) is 19.9. The maximum absolute atomic E-state index is 4.96. The Bertz CT molecular complexity index is 723. The summed E-state index contributed by atoms with van der Waals surface area (Å²) < 4.78 is 0. The molecule has 4 nitrogen and oxygen atoms in total. The van der Waals surface area contributed by atoms with E-state index in [0.29, 0.717) is 0 Å². The monoisotopic (exact) mass is 534 g/mol. The number of benzene rings is 3. The van der Waals surface area contributed by atoms with Gasteiger partial charge in [-0.3, -0.25) is 5.43 Å². The van der Waals surface area contributed by atoms with Crippen molar-refractivity contribution in [2.45, 2.75) is 0 Å². The van der Waals surface area contributed by atoms with Crippen molar-refractivity contribution in [3.05, 3.63) is 97.1 Å². The van der Waals surface area contributed by atoms with Crippen LogP contribution in [0.4, 0.5) is 11.4 Å². The Hall–Kier alpha value is -2.11. The first-order valence-electron chi connectivity index (χ1n) is 7.28. The van der Waals surface area contributed by atoms with Crippen LogP contribution in [0, 0.1) is 6.07 Å². The second-order valence-electron chi connectivity index (χ2n) is 4.49. The van der Waals surface area contributed by atoms with E-state index in [9.17, 15) is 0 Å². The van der Waals surface area contributed by atoms with Gasteiger partial charge >= 0.3 is 27.7 Å². The largest absolute Gasteiger partial charge is 2.00 e. The minimum absolute atomic E-state index is 0. The van der Waals surface area contributed by atoms with Crippen LogP contribution in [-0.2, 0) is 40.3 Å². The fourth-order valence-corrected chi connectivity index (χ4v) is 1.67. The van der Waals surface area contributed by atoms with Crippen LogP contribution in [0.3, 0.4) is 0 Å². The van der Waals surface area contributed by atoms with E-state index < -0.39 is 0 Å². The molecule has 0 fully saturated rings. The number of anilines is 1. The predicted molar refractivity (Wildman–Crippen MR) is 101 cm³/mol. The Morgan fingerprint density at radius 2 is 1.36 bits per heavy atom. The van der Waals surface area contributed by atoms with Gasteiger partial charge in [0.15, 0.2) is 0 Å². The van der Waals surface area contributed by atoms with Crippen molar-refractivity contribution in [3.63, 3.8) is 0 Å². The summed E-state index contributed by atoms with van der Waals surface area (Å²) >= 11 is 4.96. The molecular formula is C19H16HgN4S. The normalized spacial score (nSPS) is 10.3. The predicted octanol–water partition coefficient (Wildman–Crippen LogP) is 5.18. The third kappa shape index (κ3) is 9.69. The van der Waals surface area contributed by atoms with E-state index >= 15 is 0 Å². The van der Waals surface area contributed by atoms with Crippen molar-refractivity contribution >= 4 is 29.2 Å². The molecule has 0 atom stereocenters. The summed E-state index contributed by atoms with van der Waals surface area (Å²) in [5.74, 6) is 0. The topological polar surface area (TPSA) is 49.1 Å². The first-order valence-corrected chi connectivity index (χ1v) is 7.69. The molecule has 3 rings (SSSR count). The Kier molecular flexibility index (Phi) is 11.1. The molecule has 6 heteroatoms. The quantitative estimate of drug-likeness (QED) is 0.0960. The third-order valence-electron chi connectivity index (χ3n) is 2.67. The molecular weight excluding hydrogens is 517 g/mol. The molecule has 0 bridgehead atoms. The minimum Gasteiger partial charge on any atom is -0.737 e. The Labute approximate surface area is 174 Å². The molecule has 0 saturated heterocycles. The van der Waals surface area contributed by atoms with E-state index in [1.54, 1.807) is 0 Å². The second kappa shape index (κ2) is 13.2. The van der Waals surface area contributed by atoms with E-state index in [1.165, 1.54) is 0 Å². The number of hydrazone groups is 1. The van der Waals surface area contributed by atoms with Gasteiger partial charge < -0.3 is 12.6 Å². The zero-order valence-electron chi connectivity index (χ0n) is 13.6. The fraction of sp³-hybridized carbons (Fsp3) is 0. The van der Waals surface area contributed by atoms with Gasteiger partial charge in [-0.05, 0) is 24.3 Å². The molecule has 0 radical (unpaired) electrons. The van der Waals surface area contributed by atoms with Gasteiger partial charge in [-0.15, -0.1) is 0 Å². The first-order chi connectivity index (χ1) is 11.8. The number of nitrogens with zero attached hydrogens (tertiary/aromatic N) is 3. The second-order valence-corrected chi connectivity index (χ2v) is 4.85. The van der Waals surface area contributed by atoms with Gasteiger partial charge in [-0.1, -0.05) is 36.4 Å². The Balaban J connectivity index is 0.000000379. The summed E-state index contributed by atoms with van der Waals surface area (Å²) in [5.41, 5.74) is 4.41. The van der Waals surface area contributed by atoms with Crippen LogP contribution in [0.1, 0.15) is 0 Å². The fourth-order valence-electron chi connectivity index (χ4n) is 1.58. The van der Waals surface area contributed by atoms with Crippen LogP contribution in [0.15, 0.2) is 106 Å². The van der Waals surface area contributed by atoms with Gasteiger partial charge in [-0.25, -0.2) is 0 Å². The molecule has 0 amide bonds. The molecule has 0 aliphatic rings. The van der Waals surface area contributed by atoms with Gasteiger partial charge in [0.1, 0.15) is 0 Å². The summed E-state index contributed by atoms with van der Waals surface area (Å²) in [6, 6.07) is 31.4. The van der Waals surface area contributed by atoms with Crippen molar-refractivity contribution in [2.75, 3.05) is 5.43 Å². The van der Waals surface area contributed by atoms with Crippen LogP contribution in [0.5, 0.6) is 0 Å². The Morgan fingerprint density at radius 3 is 1.88 bits per heavy atom. The molecule has 0 spiro atoms. The number of hydrogen-bond donors (Lipinski definition) is 1. The molecule has 3 aromatic rings. The van der Waals surface area contributed by atoms with Gasteiger partial charge in [0.2, 0.25) is 0 Å². The van der Waals surface area contributed by atoms with Crippen molar-refractivity contribution in [1.82, 2.24) is 0 Å². The van der Waals surface area contributed by atoms with Gasteiger partial charge in [0, 0.05) is 0 Å². The zero-order chi connectivity index (χ0) is 16.9. The van der Waals surface area contributed by atoms with Gasteiger partial charge in [0.25, 0.3) is 0 Å². The molecule has 0 unspecified atom stereocenters.